The molecule has 4 aromatic rings. The summed E-state index contributed by atoms with van der Waals surface area (Å²) in [5, 5.41) is 3.61. The Kier molecular flexibility index (Phi) is 8.28. The largest absolute Gasteiger partial charge is 0.462 e. The first-order valence-electron chi connectivity index (χ1n) is 11.8. The van der Waals surface area contributed by atoms with Crippen LogP contribution < -0.4 is 10.1 Å². The number of benzene rings is 2. The van der Waals surface area contributed by atoms with Gasteiger partial charge in [-0.25, -0.2) is 4.79 Å². The molecule has 1 aliphatic carbocycles. The van der Waals surface area contributed by atoms with E-state index in [1.165, 1.54) is 16.2 Å². The number of rotatable bonds is 7. The Bertz CT molecular complexity index is 1470. The summed E-state index contributed by atoms with van der Waals surface area (Å²) in [6.45, 7) is 4.81. The van der Waals surface area contributed by atoms with E-state index in [1.807, 2.05) is 47.0 Å². The number of hydrogen-bond acceptors (Lipinski definition) is 6. The standard InChI is InChI=1S/C27H27N3O3S2.ClH/c1-3-33-26(32)24-19-10-7-11-21(19)34-25(24)29-23(31)16-30-20-13-12-17(2)14-22(20)35-27(30)28-15-18-8-5-4-6-9-18;/h4-6,8-9,12-14H,3,7,10-11,15-16H2,1-2H3,(H,29,31);1H. The van der Waals surface area contributed by atoms with Gasteiger partial charge in [0.15, 0.2) is 4.80 Å². The van der Waals surface area contributed by atoms with Gasteiger partial charge in [-0.05, 0) is 61.9 Å². The predicted octanol–water partition coefficient (Wildman–Crippen LogP) is 5.90. The Labute approximate surface area is 224 Å². The molecule has 1 N–H and O–H groups in total. The van der Waals surface area contributed by atoms with Crippen LogP contribution in [0.2, 0.25) is 0 Å². The van der Waals surface area contributed by atoms with E-state index in [0.29, 0.717) is 23.7 Å². The summed E-state index contributed by atoms with van der Waals surface area (Å²) in [4.78, 5) is 32.8. The van der Waals surface area contributed by atoms with Gasteiger partial charge in [-0.15, -0.1) is 23.7 Å². The molecular weight excluding hydrogens is 514 g/mol. The minimum Gasteiger partial charge on any atom is -0.462 e. The van der Waals surface area contributed by atoms with E-state index in [4.69, 9.17) is 9.73 Å². The third-order valence-electron chi connectivity index (χ3n) is 6.03. The van der Waals surface area contributed by atoms with Crippen molar-refractivity contribution in [2.75, 3.05) is 11.9 Å². The number of hydrogen-bond donors (Lipinski definition) is 1. The van der Waals surface area contributed by atoms with E-state index in [0.717, 1.165) is 51.0 Å². The SMILES string of the molecule is CCOC(=O)c1c(NC(=O)Cn2c(=NCc3ccccc3)sc3cc(C)ccc32)sc2c1CCC2.Cl. The van der Waals surface area contributed by atoms with Gasteiger partial charge in [-0.3, -0.25) is 9.79 Å². The van der Waals surface area contributed by atoms with E-state index in [1.54, 1.807) is 18.3 Å². The molecule has 0 saturated heterocycles. The van der Waals surface area contributed by atoms with Crippen LogP contribution in [0.15, 0.2) is 53.5 Å². The Morgan fingerprint density at radius 1 is 1.11 bits per heavy atom. The number of carbonyl (C=O) groups excluding carboxylic acids is 2. The average molecular weight is 542 g/mol. The second-order valence-electron chi connectivity index (χ2n) is 8.57. The molecular formula is C27H28ClN3O3S2. The normalized spacial score (nSPS) is 12.9. The zero-order valence-electron chi connectivity index (χ0n) is 20.2. The van der Waals surface area contributed by atoms with Crippen molar-refractivity contribution in [1.82, 2.24) is 4.57 Å². The van der Waals surface area contributed by atoms with Gasteiger partial charge >= 0.3 is 5.97 Å². The third-order valence-corrected chi connectivity index (χ3v) is 8.32. The highest BCUT2D eigenvalue weighted by atomic mass is 35.5. The van der Waals surface area contributed by atoms with E-state index >= 15 is 0 Å². The molecule has 0 saturated carbocycles. The number of aromatic nitrogens is 1. The lowest BCUT2D eigenvalue weighted by Crippen LogP contribution is -2.25. The molecule has 2 aromatic carbocycles. The summed E-state index contributed by atoms with van der Waals surface area (Å²) < 4.78 is 8.35. The third kappa shape index (κ3) is 5.40. The molecule has 2 heterocycles. The second-order valence-corrected chi connectivity index (χ2v) is 10.7. The Morgan fingerprint density at radius 2 is 1.92 bits per heavy atom. The van der Waals surface area contributed by atoms with Gasteiger partial charge in [0.25, 0.3) is 0 Å². The van der Waals surface area contributed by atoms with Crippen LogP contribution in [0.1, 0.15) is 45.3 Å². The number of amides is 1. The van der Waals surface area contributed by atoms with Crippen molar-refractivity contribution in [2.45, 2.75) is 46.2 Å². The highest BCUT2D eigenvalue weighted by molar-refractivity contribution is 7.17. The zero-order valence-corrected chi connectivity index (χ0v) is 22.7. The number of anilines is 1. The van der Waals surface area contributed by atoms with E-state index in [9.17, 15) is 9.59 Å². The maximum atomic E-state index is 13.3. The Hall–Kier alpha value is -2.94. The molecule has 36 heavy (non-hydrogen) atoms. The van der Waals surface area contributed by atoms with Crippen LogP contribution in [0.5, 0.6) is 0 Å². The van der Waals surface area contributed by atoms with Crippen LogP contribution in [-0.4, -0.2) is 23.1 Å². The molecule has 6 nitrogen and oxygen atoms in total. The van der Waals surface area contributed by atoms with Crippen LogP contribution in [0.4, 0.5) is 5.00 Å². The molecule has 0 bridgehead atoms. The van der Waals surface area contributed by atoms with Crippen LogP contribution in [0, 0.1) is 6.92 Å². The molecule has 0 atom stereocenters. The van der Waals surface area contributed by atoms with E-state index in [2.05, 4.69) is 18.3 Å². The molecule has 2 aromatic heterocycles. The number of thiophene rings is 1. The molecule has 9 heteroatoms. The summed E-state index contributed by atoms with van der Waals surface area (Å²) in [5.74, 6) is -0.540. The average Bonchev–Trinajstić information content (AvgIpc) is 3.51. The second kappa shape index (κ2) is 11.4. The topological polar surface area (TPSA) is 72.7 Å². The maximum Gasteiger partial charge on any atom is 0.341 e. The number of esters is 1. The lowest BCUT2D eigenvalue weighted by molar-refractivity contribution is -0.116. The first-order chi connectivity index (χ1) is 17.0. The fraction of sp³-hybridized carbons (Fsp3) is 0.296. The molecule has 0 spiro atoms. The Balaban J connectivity index is 0.00000304. The van der Waals surface area contributed by atoms with Crippen molar-refractivity contribution in [3.05, 3.63) is 80.5 Å². The maximum absolute atomic E-state index is 13.3. The highest BCUT2D eigenvalue weighted by Gasteiger charge is 2.28. The summed E-state index contributed by atoms with van der Waals surface area (Å²) in [7, 11) is 0. The summed E-state index contributed by atoms with van der Waals surface area (Å²) in [5.41, 5.74) is 4.82. The van der Waals surface area contributed by atoms with Crippen molar-refractivity contribution in [1.29, 1.82) is 0 Å². The van der Waals surface area contributed by atoms with Crippen molar-refractivity contribution in [3.8, 4) is 0 Å². The number of nitrogens with one attached hydrogen (secondary N) is 1. The van der Waals surface area contributed by atoms with Gasteiger partial charge < -0.3 is 14.6 Å². The van der Waals surface area contributed by atoms with Crippen LogP contribution >= 0.6 is 35.1 Å². The van der Waals surface area contributed by atoms with Crippen molar-refractivity contribution in [3.63, 3.8) is 0 Å². The van der Waals surface area contributed by atoms with E-state index < -0.39 is 0 Å². The first-order valence-corrected chi connectivity index (χ1v) is 13.4. The first kappa shape index (κ1) is 26.1. The molecule has 1 aliphatic rings. The van der Waals surface area contributed by atoms with Crippen LogP contribution in [0.3, 0.4) is 0 Å². The lowest BCUT2D eigenvalue weighted by atomic mass is 10.1. The summed E-state index contributed by atoms with van der Waals surface area (Å²) >= 11 is 3.08. The Morgan fingerprint density at radius 3 is 2.69 bits per heavy atom. The van der Waals surface area contributed by atoms with Crippen LogP contribution in [0.25, 0.3) is 10.2 Å². The minimum atomic E-state index is -0.357. The highest BCUT2D eigenvalue weighted by Crippen LogP contribution is 2.39. The van der Waals surface area contributed by atoms with Gasteiger partial charge in [0.2, 0.25) is 5.91 Å². The molecule has 1 amide bonds. The molecule has 0 aliphatic heterocycles. The number of aryl methyl sites for hydroxylation is 2. The fourth-order valence-corrected chi connectivity index (χ4v) is 6.84. The monoisotopic (exact) mass is 541 g/mol. The molecule has 0 fully saturated rings. The van der Waals surface area contributed by atoms with Gasteiger partial charge in [0.05, 0.1) is 28.9 Å². The van der Waals surface area contributed by atoms with Gasteiger partial charge in [-0.2, -0.15) is 0 Å². The van der Waals surface area contributed by atoms with E-state index in [-0.39, 0.29) is 30.8 Å². The molecule has 188 valence electrons. The molecule has 5 rings (SSSR count). The molecule has 0 radical (unpaired) electrons. The quantitative estimate of drug-likeness (QED) is 0.296. The van der Waals surface area contributed by atoms with Gasteiger partial charge in [0, 0.05) is 4.88 Å². The van der Waals surface area contributed by atoms with Crippen molar-refractivity contribution >= 4 is 62.2 Å². The molecule has 0 unspecified atom stereocenters. The van der Waals surface area contributed by atoms with Crippen molar-refractivity contribution < 1.29 is 14.3 Å². The van der Waals surface area contributed by atoms with Gasteiger partial charge in [0.1, 0.15) is 11.5 Å². The van der Waals surface area contributed by atoms with Crippen LogP contribution in [-0.2, 0) is 35.5 Å². The number of fused-ring (bicyclic) bond motifs is 2. The summed E-state index contributed by atoms with van der Waals surface area (Å²) in [6, 6.07) is 16.3. The number of nitrogens with zero attached hydrogens (tertiary/aromatic N) is 2. The van der Waals surface area contributed by atoms with Gasteiger partial charge in [-0.1, -0.05) is 47.7 Å². The fourth-order valence-electron chi connectivity index (χ4n) is 4.42. The summed E-state index contributed by atoms with van der Waals surface area (Å²) in [6.07, 6.45) is 2.82. The number of ether oxygens (including phenoxy) is 1. The number of thiazole rings is 1. The zero-order chi connectivity index (χ0) is 24.4. The number of carbonyl (C=O) groups is 2. The van der Waals surface area contributed by atoms with Crippen molar-refractivity contribution in [2.24, 2.45) is 4.99 Å². The predicted molar refractivity (Wildman–Crippen MR) is 148 cm³/mol. The minimum absolute atomic E-state index is 0. The smallest absolute Gasteiger partial charge is 0.341 e. The number of halogens is 1. The lowest BCUT2D eigenvalue weighted by Gasteiger charge is -2.09.